The number of carbonyl (C=O) groups is 2. The topological polar surface area (TPSA) is 148 Å². The Kier molecular flexibility index (Phi) is 6.63. The third-order valence-corrected chi connectivity index (χ3v) is 7.00. The van der Waals surface area contributed by atoms with Gasteiger partial charge in [-0.2, -0.15) is 0 Å². The van der Waals surface area contributed by atoms with Gasteiger partial charge in [0.25, 0.3) is 5.91 Å². The number of carbonyl (C=O) groups excluding carboxylic acids is 1. The van der Waals surface area contributed by atoms with Crippen molar-refractivity contribution in [1.29, 1.82) is 0 Å². The van der Waals surface area contributed by atoms with Gasteiger partial charge in [-0.15, -0.1) is 0 Å². The quantitative estimate of drug-likeness (QED) is 0.403. The highest BCUT2D eigenvalue weighted by Crippen LogP contribution is 2.32. The lowest BCUT2D eigenvalue weighted by molar-refractivity contribution is -0.158. The number of benzene rings is 3. The van der Waals surface area contributed by atoms with Crippen LogP contribution in [0.2, 0.25) is 0 Å². The maximum Gasteiger partial charge on any atom is 0.340 e. The molecule has 0 fully saturated rings. The number of ether oxygens (including phenoxy) is 3. The number of aliphatic carboxylic acids is 1. The van der Waals surface area contributed by atoms with Gasteiger partial charge in [-0.1, -0.05) is 18.2 Å². The predicted molar refractivity (Wildman–Crippen MR) is 124 cm³/mol. The molecule has 1 aliphatic rings. The fourth-order valence-corrected chi connectivity index (χ4v) is 4.82. The largest absolute Gasteiger partial charge is 0.490 e. The fraction of sp³-hybridized carbons (Fsp3) is 0.167. The van der Waals surface area contributed by atoms with E-state index in [0.717, 1.165) is 0 Å². The van der Waals surface area contributed by atoms with Gasteiger partial charge >= 0.3 is 5.97 Å². The standard InChI is InChI=1S/C24H21NO9S/c26-22(16-6-11-20-21(12-16)34-15-33-20)25-17-7-9-19(10-8-17)35(30,31)14-24(29,23(27)28)13-32-18-4-2-1-3-5-18/h1-12,29H,13-15H2,(H,25,26)(H,27,28). The minimum absolute atomic E-state index is 0.0751. The third-order valence-electron chi connectivity index (χ3n) is 5.15. The van der Waals surface area contributed by atoms with Crippen molar-refractivity contribution in [3.05, 3.63) is 78.4 Å². The van der Waals surface area contributed by atoms with Crippen LogP contribution in [0.4, 0.5) is 5.69 Å². The van der Waals surface area contributed by atoms with Crippen LogP contribution in [-0.2, 0) is 14.6 Å². The van der Waals surface area contributed by atoms with Crippen LogP contribution in [0.1, 0.15) is 10.4 Å². The van der Waals surface area contributed by atoms with Crippen molar-refractivity contribution in [3.63, 3.8) is 0 Å². The Hall–Kier alpha value is -4.09. The monoisotopic (exact) mass is 499 g/mol. The Morgan fingerprint density at radius 1 is 0.971 bits per heavy atom. The summed E-state index contributed by atoms with van der Waals surface area (Å²) >= 11 is 0. The number of nitrogens with one attached hydrogen (secondary N) is 1. The molecular formula is C24H21NO9S. The Morgan fingerprint density at radius 2 is 1.66 bits per heavy atom. The summed E-state index contributed by atoms with van der Waals surface area (Å²) in [7, 11) is -4.23. The molecule has 3 aromatic carbocycles. The summed E-state index contributed by atoms with van der Waals surface area (Å²) in [5.41, 5.74) is -2.05. The van der Waals surface area contributed by atoms with Crippen LogP contribution in [0.15, 0.2) is 77.7 Å². The molecule has 0 spiro atoms. The second kappa shape index (κ2) is 9.65. The van der Waals surface area contributed by atoms with Crippen molar-refractivity contribution in [3.8, 4) is 17.2 Å². The lowest BCUT2D eigenvalue weighted by atomic mass is 10.1. The van der Waals surface area contributed by atoms with Crippen LogP contribution < -0.4 is 19.5 Å². The molecule has 182 valence electrons. The van der Waals surface area contributed by atoms with E-state index in [1.807, 2.05) is 0 Å². The van der Waals surface area contributed by atoms with Crippen molar-refractivity contribution in [1.82, 2.24) is 0 Å². The molecule has 0 saturated carbocycles. The van der Waals surface area contributed by atoms with Gasteiger partial charge in [0.15, 0.2) is 21.3 Å². The average Bonchev–Trinajstić information content (AvgIpc) is 3.31. The first-order valence-corrected chi connectivity index (χ1v) is 12.0. The third kappa shape index (κ3) is 5.53. The summed E-state index contributed by atoms with van der Waals surface area (Å²) < 4.78 is 41.4. The SMILES string of the molecule is O=C(Nc1ccc(S(=O)(=O)CC(O)(COc2ccccc2)C(=O)O)cc1)c1ccc2c(c1)OCO2. The molecular weight excluding hydrogens is 478 g/mol. The van der Waals surface area contributed by atoms with Crippen LogP contribution in [0.3, 0.4) is 0 Å². The van der Waals surface area contributed by atoms with E-state index in [-0.39, 0.29) is 17.4 Å². The number of sulfone groups is 1. The number of carboxylic acids is 1. The second-order valence-corrected chi connectivity index (χ2v) is 9.73. The molecule has 0 aromatic heterocycles. The van der Waals surface area contributed by atoms with E-state index < -0.39 is 39.7 Å². The number of hydrogen-bond acceptors (Lipinski definition) is 8. The Bertz CT molecular complexity index is 1340. The first-order chi connectivity index (χ1) is 16.7. The molecule has 0 aliphatic carbocycles. The van der Waals surface area contributed by atoms with E-state index >= 15 is 0 Å². The van der Waals surface area contributed by atoms with Crippen molar-refractivity contribution < 1.29 is 42.4 Å². The Balaban J connectivity index is 1.44. The van der Waals surface area contributed by atoms with E-state index in [0.29, 0.717) is 22.7 Å². The summed E-state index contributed by atoms with van der Waals surface area (Å²) in [5.74, 6) is -2.02. The maximum absolute atomic E-state index is 12.8. The molecule has 1 aliphatic heterocycles. The normalized spacial score (nSPS) is 14.1. The number of aliphatic hydroxyl groups is 1. The molecule has 0 bridgehead atoms. The van der Waals surface area contributed by atoms with Gasteiger partial charge in [-0.05, 0) is 54.6 Å². The summed E-state index contributed by atoms with van der Waals surface area (Å²) in [4.78, 5) is 24.0. The highest BCUT2D eigenvalue weighted by molar-refractivity contribution is 7.91. The summed E-state index contributed by atoms with van der Waals surface area (Å²) in [6.45, 7) is -0.693. The minimum atomic E-state index is -4.23. The van der Waals surface area contributed by atoms with Crippen LogP contribution in [0.5, 0.6) is 17.2 Å². The van der Waals surface area contributed by atoms with Crippen LogP contribution in [0.25, 0.3) is 0 Å². The Labute approximate surface area is 200 Å². The van der Waals surface area contributed by atoms with Crippen molar-refractivity contribution in [2.75, 3.05) is 24.5 Å². The number of rotatable bonds is 9. The summed E-state index contributed by atoms with van der Waals surface area (Å²) in [6, 6.07) is 18.0. The molecule has 1 heterocycles. The lowest BCUT2D eigenvalue weighted by Gasteiger charge is -2.23. The number of amides is 1. The number of carboxylic acid groups (broad SMARTS) is 1. The number of fused-ring (bicyclic) bond motifs is 1. The van der Waals surface area contributed by atoms with Gasteiger partial charge in [0.1, 0.15) is 12.4 Å². The molecule has 1 amide bonds. The smallest absolute Gasteiger partial charge is 0.340 e. The zero-order valence-corrected chi connectivity index (χ0v) is 19.0. The molecule has 1 atom stereocenters. The highest BCUT2D eigenvalue weighted by atomic mass is 32.2. The van der Waals surface area contributed by atoms with Gasteiger partial charge in [-0.3, -0.25) is 4.79 Å². The van der Waals surface area contributed by atoms with Gasteiger partial charge in [-0.25, -0.2) is 13.2 Å². The van der Waals surface area contributed by atoms with Crippen LogP contribution in [-0.4, -0.2) is 55.3 Å². The van der Waals surface area contributed by atoms with Crippen molar-refractivity contribution in [2.24, 2.45) is 0 Å². The zero-order valence-electron chi connectivity index (χ0n) is 18.2. The van der Waals surface area contributed by atoms with E-state index in [2.05, 4.69) is 5.32 Å². The van der Waals surface area contributed by atoms with E-state index in [1.165, 1.54) is 30.3 Å². The lowest BCUT2D eigenvalue weighted by Crippen LogP contribution is -2.50. The average molecular weight is 499 g/mol. The van der Waals surface area contributed by atoms with E-state index in [9.17, 15) is 28.2 Å². The van der Waals surface area contributed by atoms with Gasteiger partial charge in [0, 0.05) is 11.3 Å². The summed E-state index contributed by atoms with van der Waals surface area (Å²) in [6.07, 6.45) is 0. The van der Waals surface area contributed by atoms with E-state index in [1.54, 1.807) is 42.5 Å². The van der Waals surface area contributed by atoms with Crippen LogP contribution >= 0.6 is 0 Å². The molecule has 3 aromatic rings. The number of para-hydroxylation sites is 1. The molecule has 3 N–H and O–H groups in total. The minimum Gasteiger partial charge on any atom is -0.490 e. The Morgan fingerprint density at radius 3 is 2.34 bits per heavy atom. The number of hydrogen-bond donors (Lipinski definition) is 3. The molecule has 10 nitrogen and oxygen atoms in total. The molecule has 0 radical (unpaired) electrons. The molecule has 4 rings (SSSR count). The fourth-order valence-electron chi connectivity index (χ4n) is 3.27. The second-order valence-electron chi connectivity index (χ2n) is 7.74. The molecule has 0 saturated heterocycles. The maximum atomic E-state index is 12.8. The van der Waals surface area contributed by atoms with E-state index in [4.69, 9.17) is 14.2 Å². The van der Waals surface area contributed by atoms with Crippen LogP contribution in [0, 0.1) is 0 Å². The van der Waals surface area contributed by atoms with Crippen molar-refractivity contribution >= 4 is 27.4 Å². The highest BCUT2D eigenvalue weighted by Gasteiger charge is 2.42. The zero-order chi connectivity index (χ0) is 25.1. The van der Waals surface area contributed by atoms with Gasteiger partial charge in [0.05, 0.1) is 10.6 Å². The first kappa shape index (κ1) is 24.0. The van der Waals surface area contributed by atoms with Gasteiger partial charge < -0.3 is 29.7 Å². The number of anilines is 1. The molecule has 1 unspecified atom stereocenters. The predicted octanol–water partition coefficient (Wildman–Crippen LogP) is 2.34. The van der Waals surface area contributed by atoms with Gasteiger partial charge in [0.2, 0.25) is 12.4 Å². The van der Waals surface area contributed by atoms with Crippen molar-refractivity contribution in [2.45, 2.75) is 10.5 Å². The molecule has 11 heteroatoms. The summed E-state index contributed by atoms with van der Waals surface area (Å²) in [5, 5.41) is 22.6. The first-order valence-electron chi connectivity index (χ1n) is 10.3. The molecule has 35 heavy (non-hydrogen) atoms.